The standard InChI is InChI=1S/C13H15ClF3NO3/c1-21-11-3-2-10(14)6-9(11)7-12(20)18(4-5-19)8-13(15,16)17/h2-3,6,19H,4-5,7-8H2,1H3. The van der Waals surface area contributed by atoms with Crippen molar-refractivity contribution < 1.29 is 27.8 Å². The zero-order chi connectivity index (χ0) is 16.0. The van der Waals surface area contributed by atoms with E-state index in [0.29, 0.717) is 21.2 Å². The Kier molecular flexibility index (Phi) is 6.29. The number of ether oxygens (including phenoxy) is 1. The van der Waals surface area contributed by atoms with Crippen LogP contribution in [0, 0.1) is 0 Å². The van der Waals surface area contributed by atoms with E-state index in [1.807, 2.05) is 0 Å². The number of nitrogens with zero attached hydrogens (tertiary/aromatic N) is 1. The van der Waals surface area contributed by atoms with Gasteiger partial charge in [0.15, 0.2) is 0 Å². The molecule has 0 aliphatic carbocycles. The number of amides is 1. The molecular weight excluding hydrogens is 311 g/mol. The normalized spacial score (nSPS) is 11.3. The van der Waals surface area contributed by atoms with E-state index >= 15 is 0 Å². The fourth-order valence-corrected chi connectivity index (χ4v) is 1.98. The van der Waals surface area contributed by atoms with Crippen molar-refractivity contribution in [3.8, 4) is 5.75 Å². The number of alkyl halides is 3. The number of hydrogen-bond acceptors (Lipinski definition) is 3. The molecule has 1 N–H and O–H groups in total. The maximum atomic E-state index is 12.4. The SMILES string of the molecule is COc1ccc(Cl)cc1CC(=O)N(CCO)CC(F)(F)F. The molecule has 0 aromatic heterocycles. The average Bonchev–Trinajstić information content (AvgIpc) is 2.37. The molecule has 0 spiro atoms. The zero-order valence-electron chi connectivity index (χ0n) is 11.3. The second-order valence-corrected chi connectivity index (χ2v) is 4.72. The first-order valence-electron chi connectivity index (χ1n) is 6.04. The maximum absolute atomic E-state index is 12.4. The molecule has 0 unspecified atom stereocenters. The number of halogens is 4. The van der Waals surface area contributed by atoms with E-state index in [-0.39, 0.29) is 13.0 Å². The molecule has 0 radical (unpaired) electrons. The molecule has 0 aliphatic heterocycles. The van der Waals surface area contributed by atoms with E-state index in [2.05, 4.69) is 0 Å². The summed E-state index contributed by atoms with van der Waals surface area (Å²) < 4.78 is 42.3. The molecule has 1 amide bonds. The number of rotatable bonds is 6. The van der Waals surface area contributed by atoms with Crippen molar-refractivity contribution in [2.24, 2.45) is 0 Å². The van der Waals surface area contributed by atoms with Crippen LogP contribution in [0.1, 0.15) is 5.56 Å². The fourth-order valence-electron chi connectivity index (χ4n) is 1.79. The van der Waals surface area contributed by atoms with Gasteiger partial charge in [-0.05, 0) is 18.2 Å². The van der Waals surface area contributed by atoms with Crippen LogP contribution in [0.25, 0.3) is 0 Å². The Bertz CT molecular complexity index is 494. The molecule has 8 heteroatoms. The lowest BCUT2D eigenvalue weighted by molar-refractivity contribution is -0.161. The van der Waals surface area contributed by atoms with Crippen LogP contribution >= 0.6 is 11.6 Å². The van der Waals surface area contributed by atoms with Gasteiger partial charge >= 0.3 is 6.18 Å². The molecule has 1 aromatic carbocycles. The minimum absolute atomic E-state index is 0.292. The minimum atomic E-state index is -4.52. The molecule has 0 heterocycles. The Balaban J connectivity index is 2.88. The number of aliphatic hydroxyl groups excluding tert-OH is 1. The molecule has 0 saturated carbocycles. The number of carbonyl (C=O) groups excluding carboxylic acids is 1. The highest BCUT2D eigenvalue weighted by Gasteiger charge is 2.32. The Hall–Kier alpha value is -1.47. The van der Waals surface area contributed by atoms with Crippen molar-refractivity contribution in [3.63, 3.8) is 0 Å². The molecule has 0 aliphatic rings. The first-order chi connectivity index (χ1) is 9.76. The third-order valence-electron chi connectivity index (χ3n) is 2.68. The lowest BCUT2D eigenvalue weighted by atomic mass is 10.1. The number of benzene rings is 1. The summed E-state index contributed by atoms with van der Waals surface area (Å²) >= 11 is 5.80. The van der Waals surface area contributed by atoms with Crippen LogP contribution in [0.5, 0.6) is 5.75 Å². The summed E-state index contributed by atoms with van der Waals surface area (Å²) in [5, 5.41) is 9.14. The van der Waals surface area contributed by atoms with Crippen LogP contribution < -0.4 is 4.74 Å². The van der Waals surface area contributed by atoms with Gasteiger partial charge in [-0.15, -0.1) is 0 Å². The first-order valence-corrected chi connectivity index (χ1v) is 6.42. The summed E-state index contributed by atoms with van der Waals surface area (Å²) in [7, 11) is 1.39. The Morgan fingerprint density at radius 2 is 2.10 bits per heavy atom. The van der Waals surface area contributed by atoms with Gasteiger partial charge in [-0.25, -0.2) is 0 Å². The second-order valence-electron chi connectivity index (χ2n) is 4.29. The highest BCUT2D eigenvalue weighted by atomic mass is 35.5. The van der Waals surface area contributed by atoms with E-state index < -0.39 is 25.2 Å². The molecule has 0 fully saturated rings. The average molecular weight is 326 g/mol. The number of aliphatic hydroxyl groups is 1. The van der Waals surface area contributed by atoms with Crippen molar-refractivity contribution in [1.82, 2.24) is 4.90 Å². The summed E-state index contributed by atoms with van der Waals surface area (Å²) in [6, 6.07) is 4.55. The topological polar surface area (TPSA) is 49.8 Å². The maximum Gasteiger partial charge on any atom is 0.406 e. The minimum Gasteiger partial charge on any atom is -0.496 e. The van der Waals surface area contributed by atoms with Gasteiger partial charge in [0.2, 0.25) is 5.91 Å². The Morgan fingerprint density at radius 1 is 1.43 bits per heavy atom. The van der Waals surface area contributed by atoms with E-state index in [0.717, 1.165) is 0 Å². The van der Waals surface area contributed by atoms with Crippen LogP contribution in [0.4, 0.5) is 13.2 Å². The van der Waals surface area contributed by atoms with Gasteiger partial charge in [-0.1, -0.05) is 11.6 Å². The largest absolute Gasteiger partial charge is 0.496 e. The summed E-state index contributed by atoms with van der Waals surface area (Å²) in [5.41, 5.74) is 0.389. The van der Waals surface area contributed by atoms with Gasteiger partial charge in [-0.3, -0.25) is 4.79 Å². The van der Waals surface area contributed by atoms with Crippen molar-refractivity contribution in [1.29, 1.82) is 0 Å². The predicted octanol–water partition coefficient (Wildman–Crippen LogP) is 2.27. The lowest BCUT2D eigenvalue weighted by Crippen LogP contribution is -2.41. The summed E-state index contributed by atoms with van der Waals surface area (Å²) in [4.78, 5) is 12.5. The fraction of sp³-hybridized carbons (Fsp3) is 0.462. The molecule has 0 atom stereocenters. The second kappa shape index (κ2) is 7.51. The Labute approximate surface area is 125 Å². The highest BCUT2D eigenvalue weighted by molar-refractivity contribution is 6.30. The van der Waals surface area contributed by atoms with E-state index in [1.165, 1.54) is 19.2 Å². The molecular formula is C13H15ClF3NO3. The number of carbonyl (C=O) groups is 1. The third kappa shape index (κ3) is 5.81. The van der Waals surface area contributed by atoms with Gasteiger partial charge in [-0.2, -0.15) is 13.2 Å². The van der Waals surface area contributed by atoms with Gasteiger partial charge in [0.25, 0.3) is 0 Å². The number of methoxy groups -OCH3 is 1. The third-order valence-corrected chi connectivity index (χ3v) is 2.91. The van der Waals surface area contributed by atoms with Crippen LogP contribution in [-0.4, -0.2) is 48.9 Å². The van der Waals surface area contributed by atoms with Gasteiger partial charge in [0, 0.05) is 17.1 Å². The molecule has 1 rings (SSSR count). The van der Waals surface area contributed by atoms with Crippen molar-refractivity contribution in [3.05, 3.63) is 28.8 Å². The molecule has 118 valence electrons. The molecule has 0 bridgehead atoms. The summed E-state index contributed by atoms with van der Waals surface area (Å²) in [5.74, 6) is -0.398. The van der Waals surface area contributed by atoms with Gasteiger partial charge < -0.3 is 14.7 Å². The van der Waals surface area contributed by atoms with Gasteiger partial charge in [0.1, 0.15) is 12.3 Å². The summed E-state index contributed by atoms with van der Waals surface area (Å²) in [6.07, 6.45) is -4.82. The van der Waals surface area contributed by atoms with Crippen molar-refractivity contribution in [2.75, 3.05) is 26.8 Å². The van der Waals surface area contributed by atoms with Crippen molar-refractivity contribution >= 4 is 17.5 Å². The quantitative estimate of drug-likeness (QED) is 0.873. The lowest BCUT2D eigenvalue weighted by Gasteiger charge is -2.23. The van der Waals surface area contributed by atoms with E-state index in [9.17, 15) is 18.0 Å². The monoisotopic (exact) mass is 325 g/mol. The van der Waals surface area contributed by atoms with Gasteiger partial charge in [0.05, 0.1) is 20.1 Å². The smallest absolute Gasteiger partial charge is 0.406 e. The predicted molar refractivity (Wildman–Crippen MR) is 71.4 cm³/mol. The summed E-state index contributed by atoms with van der Waals surface area (Å²) in [6.45, 7) is -2.34. The van der Waals surface area contributed by atoms with Crippen LogP contribution in [0.15, 0.2) is 18.2 Å². The highest BCUT2D eigenvalue weighted by Crippen LogP contribution is 2.24. The molecule has 1 aromatic rings. The van der Waals surface area contributed by atoms with E-state index in [4.69, 9.17) is 21.4 Å². The van der Waals surface area contributed by atoms with E-state index in [1.54, 1.807) is 6.07 Å². The molecule has 4 nitrogen and oxygen atoms in total. The van der Waals surface area contributed by atoms with Crippen LogP contribution in [-0.2, 0) is 11.2 Å². The van der Waals surface area contributed by atoms with Crippen LogP contribution in [0.3, 0.4) is 0 Å². The van der Waals surface area contributed by atoms with Crippen LogP contribution in [0.2, 0.25) is 5.02 Å². The molecule has 0 saturated heterocycles. The number of hydrogen-bond donors (Lipinski definition) is 1. The zero-order valence-corrected chi connectivity index (χ0v) is 12.0. The molecule has 21 heavy (non-hydrogen) atoms. The first kappa shape index (κ1) is 17.6. The Morgan fingerprint density at radius 3 is 2.62 bits per heavy atom. The van der Waals surface area contributed by atoms with Crippen molar-refractivity contribution in [2.45, 2.75) is 12.6 Å².